The Hall–Kier alpha value is -1.24. The fraction of sp³-hybridized carbons (Fsp3) is 0.278. The van der Waals surface area contributed by atoms with Crippen LogP contribution in [-0.4, -0.2) is 23.7 Å². The molecule has 2 aromatic rings. The molecule has 2 atom stereocenters. The summed E-state index contributed by atoms with van der Waals surface area (Å²) in [6.07, 6.45) is -0.205. The number of anilines is 1. The lowest BCUT2D eigenvalue weighted by Crippen LogP contribution is -2.25. The second kappa shape index (κ2) is 7.98. The molecule has 25 heavy (non-hydrogen) atoms. The highest BCUT2D eigenvalue weighted by molar-refractivity contribution is 8.13. The van der Waals surface area contributed by atoms with Crippen molar-refractivity contribution in [3.8, 4) is 0 Å². The topological polar surface area (TPSA) is 47.6 Å². The number of benzene rings is 2. The zero-order chi connectivity index (χ0) is 17.9. The first-order chi connectivity index (χ1) is 12.0. The van der Waals surface area contributed by atoms with Gasteiger partial charge in [-0.25, -0.2) is 0 Å². The van der Waals surface area contributed by atoms with E-state index in [0.717, 1.165) is 23.0 Å². The Morgan fingerprint density at radius 2 is 2.04 bits per heavy atom. The van der Waals surface area contributed by atoms with E-state index in [0.29, 0.717) is 22.4 Å². The lowest BCUT2D eigenvalue weighted by molar-refractivity contribution is -0.159. The van der Waals surface area contributed by atoms with Gasteiger partial charge in [-0.15, -0.1) is 0 Å². The summed E-state index contributed by atoms with van der Waals surface area (Å²) in [7, 11) is 0. The number of thioether (sulfide) groups is 1. The zero-order valence-corrected chi connectivity index (χ0v) is 15.8. The van der Waals surface area contributed by atoms with Crippen LogP contribution in [0, 0.1) is 0 Å². The molecule has 1 aliphatic heterocycles. The summed E-state index contributed by atoms with van der Waals surface area (Å²) in [6.45, 7) is 2.21. The maximum atomic E-state index is 12.0. The highest BCUT2D eigenvalue weighted by Crippen LogP contribution is 2.39. The molecule has 1 N–H and O–H groups in total. The number of hydrogen-bond acceptors (Lipinski definition) is 4. The van der Waals surface area contributed by atoms with Crippen molar-refractivity contribution in [2.75, 3.05) is 17.7 Å². The largest absolute Gasteiger partial charge is 0.343 e. The van der Waals surface area contributed by atoms with Gasteiger partial charge in [-0.1, -0.05) is 59.2 Å². The number of halogens is 2. The van der Waals surface area contributed by atoms with E-state index in [9.17, 15) is 4.79 Å². The standard InChI is InChI=1S/C18H17Cl2NO3S/c1-18(15-8-7-12(19)9-16(15)20)23-10-14(24-18)11-25-17(22)21-13-5-3-2-4-6-13/h2-9,14H,10-11H2,1H3,(H,21,22)/t14-,18+/m0/s1. The molecule has 3 rings (SSSR count). The molecule has 1 aliphatic rings. The Kier molecular flexibility index (Phi) is 5.92. The third kappa shape index (κ3) is 4.68. The van der Waals surface area contributed by atoms with Crippen molar-refractivity contribution in [3.63, 3.8) is 0 Å². The number of amides is 1. The molecule has 1 heterocycles. The number of para-hydroxylation sites is 1. The molecule has 0 aromatic heterocycles. The molecule has 132 valence electrons. The number of nitrogens with one attached hydrogen (secondary N) is 1. The summed E-state index contributed by atoms with van der Waals surface area (Å²) in [6, 6.07) is 14.5. The molecular formula is C18H17Cl2NO3S. The van der Waals surface area contributed by atoms with Crippen LogP contribution >= 0.6 is 35.0 Å². The van der Waals surface area contributed by atoms with Gasteiger partial charge in [0, 0.05) is 22.0 Å². The number of hydrogen-bond donors (Lipinski definition) is 1. The highest BCUT2D eigenvalue weighted by Gasteiger charge is 2.40. The minimum atomic E-state index is -0.942. The van der Waals surface area contributed by atoms with Crippen LogP contribution in [0.15, 0.2) is 48.5 Å². The van der Waals surface area contributed by atoms with E-state index >= 15 is 0 Å². The molecule has 2 aromatic carbocycles. The Balaban J connectivity index is 1.55. The first-order valence-corrected chi connectivity index (χ1v) is 9.46. The number of rotatable bonds is 4. The quantitative estimate of drug-likeness (QED) is 0.734. The Labute approximate surface area is 160 Å². The SMILES string of the molecule is C[C@@]1(c2ccc(Cl)cc2Cl)OC[C@@H](CSC(=O)Nc2ccccc2)O1. The third-order valence-corrected chi connectivity index (χ3v) is 5.23. The van der Waals surface area contributed by atoms with Crippen LogP contribution in [0.1, 0.15) is 12.5 Å². The van der Waals surface area contributed by atoms with E-state index < -0.39 is 5.79 Å². The molecule has 0 spiro atoms. The van der Waals surface area contributed by atoms with E-state index in [4.69, 9.17) is 32.7 Å². The summed E-state index contributed by atoms with van der Waals surface area (Å²) >= 11 is 13.3. The van der Waals surface area contributed by atoms with Crippen molar-refractivity contribution in [2.24, 2.45) is 0 Å². The molecule has 1 amide bonds. The molecule has 7 heteroatoms. The first-order valence-electron chi connectivity index (χ1n) is 7.72. The van der Waals surface area contributed by atoms with Gasteiger partial charge in [-0.2, -0.15) is 0 Å². The van der Waals surface area contributed by atoms with Crippen molar-refractivity contribution < 1.29 is 14.3 Å². The summed E-state index contributed by atoms with van der Waals surface area (Å²) in [4.78, 5) is 12.0. The van der Waals surface area contributed by atoms with Crippen molar-refractivity contribution in [3.05, 3.63) is 64.1 Å². The van der Waals surface area contributed by atoms with E-state index in [1.165, 1.54) is 0 Å². The molecule has 0 unspecified atom stereocenters. The number of carbonyl (C=O) groups is 1. The van der Waals surface area contributed by atoms with Crippen LogP contribution in [0.2, 0.25) is 10.0 Å². The van der Waals surface area contributed by atoms with Gasteiger partial charge < -0.3 is 14.8 Å². The van der Waals surface area contributed by atoms with Crippen LogP contribution < -0.4 is 5.32 Å². The second-order valence-electron chi connectivity index (χ2n) is 5.71. The highest BCUT2D eigenvalue weighted by atomic mass is 35.5. The summed E-state index contributed by atoms with van der Waals surface area (Å²) in [5.41, 5.74) is 1.49. The molecule has 1 saturated heterocycles. The molecular weight excluding hydrogens is 381 g/mol. The molecule has 4 nitrogen and oxygen atoms in total. The Morgan fingerprint density at radius 3 is 2.76 bits per heavy atom. The van der Waals surface area contributed by atoms with Gasteiger partial charge in [0.05, 0.1) is 17.7 Å². The van der Waals surface area contributed by atoms with Crippen molar-refractivity contribution in [1.29, 1.82) is 0 Å². The van der Waals surface area contributed by atoms with E-state index in [-0.39, 0.29) is 11.3 Å². The van der Waals surface area contributed by atoms with Gasteiger partial charge in [-0.3, -0.25) is 4.79 Å². The first kappa shape index (κ1) is 18.5. The van der Waals surface area contributed by atoms with E-state index in [2.05, 4.69) is 5.32 Å². The second-order valence-corrected chi connectivity index (χ2v) is 7.55. The van der Waals surface area contributed by atoms with Crippen LogP contribution in [0.25, 0.3) is 0 Å². The van der Waals surface area contributed by atoms with Crippen molar-refractivity contribution in [2.45, 2.75) is 18.8 Å². The number of ether oxygens (including phenoxy) is 2. The summed E-state index contributed by atoms with van der Waals surface area (Å²) in [5.74, 6) is -0.456. The van der Waals surface area contributed by atoms with Gasteiger partial charge in [-0.05, 0) is 31.2 Å². The summed E-state index contributed by atoms with van der Waals surface area (Å²) in [5, 5.41) is 3.74. The fourth-order valence-electron chi connectivity index (χ4n) is 2.56. The lowest BCUT2D eigenvalue weighted by Gasteiger charge is -2.25. The summed E-state index contributed by atoms with van der Waals surface area (Å²) < 4.78 is 11.8. The van der Waals surface area contributed by atoms with Crippen LogP contribution in [-0.2, 0) is 15.3 Å². The molecule has 1 fully saturated rings. The molecule has 0 bridgehead atoms. The van der Waals surface area contributed by atoms with Gasteiger partial charge >= 0.3 is 0 Å². The zero-order valence-electron chi connectivity index (χ0n) is 13.5. The lowest BCUT2D eigenvalue weighted by atomic mass is 10.1. The average molecular weight is 398 g/mol. The monoisotopic (exact) mass is 397 g/mol. The number of carbonyl (C=O) groups excluding carboxylic acids is 1. The van der Waals surface area contributed by atoms with Crippen LogP contribution in [0.4, 0.5) is 10.5 Å². The van der Waals surface area contributed by atoms with E-state index in [1.54, 1.807) is 18.2 Å². The van der Waals surface area contributed by atoms with Crippen molar-refractivity contribution >= 4 is 45.9 Å². The van der Waals surface area contributed by atoms with Gasteiger partial charge in [0.1, 0.15) is 0 Å². The van der Waals surface area contributed by atoms with Gasteiger partial charge in [0.25, 0.3) is 5.24 Å². The molecule has 0 saturated carbocycles. The predicted molar refractivity (Wildman–Crippen MR) is 103 cm³/mol. The fourth-order valence-corrected chi connectivity index (χ4v) is 3.83. The Bertz CT molecular complexity index is 759. The van der Waals surface area contributed by atoms with Gasteiger partial charge in [0.15, 0.2) is 5.79 Å². The predicted octanol–water partition coefficient (Wildman–Crippen LogP) is 5.55. The maximum Gasteiger partial charge on any atom is 0.283 e. The van der Waals surface area contributed by atoms with Crippen LogP contribution in [0.3, 0.4) is 0 Å². The molecule has 0 radical (unpaired) electrons. The van der Waals surface area contributed by atoms with Crippen molar-refractivity contribution in [1.82, 2.24) is 0 Å². The van der Waals surface area contributed by atoms with E-state index in [1.807, 2.05) is 37.3 Å². The Morgan fingerprint density at radius 1 is 1.28 bits per heavy atom. The van der Waals surface area contributed by atoms with Gasteiger partial charge in [0.2, 0.25) is 0 Å². The smallest absolute Gasteiger partial charge is 0.283 e. The van der Waals surface area contributed by atoms with Crippen LogP contribution in [0.5, 0.6) is 0 Å². The minimum Gasteiger partial charge on any atom is -0.343 e. The minimum absolute atomic E-state index is 0.132. The average Bonchev–Trinajstić information content (AvgIpc) is 2.96. The maximum absolute atomic E-state index is 12.0. The molecule has 0 aliphatic carbocycles. The normalized spacial score (nSPS) is 22.8. The third-order valence-electron chi connectivity index (χ3n) is 3.78.